The lowest BCUT2D eigenvalue weighted by Gasteiger charge is -2.19. The highest BCUT2D eigenvalue weighted by Crippen LogP contribution is 2.55. The van der Waals surface area contributed by atoms with Crippen molar-refractivity contribution in [3.05, 3.63) is 47.1 Å². The Bertz CT molecular complexity index is 842. The normalized spacial score (nSPS) is 25.0. The summed E-state index contributed by atoms with van der Waals surface area (Å²) in [6, 6.07) is 5.50. The Morgan fingerprint density at radius 2 is 1.92 bits per heavy atom. The van der Waals surface area contributed by atoms with Crippen LogP contribution in [-0.2, 0) is 21.9 Å². The average Bonchev–Trinajstić information content (AvgIpc) is 3.05. The van der Waals surface area contributed by atoms with Crippen molar-refractivity contribution in [3.63, 3.8) is 0 Å². The standard InChI is InChI=1S/C17H16F3N3O2/c1-15(7-6-12(24)22-15)13-21-14(25-23-13)16(8-9-16)10-4-2-3-5-11(10)17(18,19)20/h2-5H,6-9H2,1H3,(H,22,24). The van der Waals surface area contributed by atoms with Crippen LogP contribution < -0.4 is 5.32 Å². The first-order valence-electron chi connectivity index (χ1n) is 8.07. The number of hydrogen-bond acceptors (Lipinski definition) is 4. The van der Waals surface area contributed by atoms with Crippen LogP contribution in [0.3, 0.4) is 0 Å². The van der Waals surface area contributed by atoms with Crippen LogP contribution in [0.2, 0.25) is 0 Å². The molecule has 1 unspecified atom stereocenters. The van der Waals surface area contributed by atoms with Gasteiger partial charge in [0.1, 0.15) is 5.54 Å². The van der Waals surface area contributed by atoms with Gasteiger partial charge in [-0.25, -0.2) is 0 Å². The minimum Gasteiger partial charge on any atom is -0.343 e. The van der Waals surface area contributed by atoms with E-state index in [2.05, 4.69) is 15.5 Å². The van der Waals surface area contributed by atoms with E-state index in [-0.39, 0.29) is 17.4 Å². The lowest BCUT2D eigenvalue weighted by atomic mass is 9.90. The lowest BCUT2D eigenvalue weighted by molar-refractivity contribution is -0.138. The fourth-order valence-corrected chi connectivity index (χ4v) is 3.48. The second-order valence-electron chi connectivity index (χ2n) is 6.93. The summed E-state index contributed by atoms with van der Waals surface area (Å²) in [7, 11) is 0. The largest absolute Gasteiger partial charge is 0.416 e. The van der Waals surface area contributed by atoms with E-state index in [1.807, 2.05) is 0 Å². The quantitative estimate of drug-likeness (QED) is 0.921. The van der Waals surface area contributed by atoms with Crippen molar-refractivity contribution in [1.29, 1.82) is 0 Å². The van der Waals surface area contributed by atoms with Crippen LogP contribution in [0, 0.1) is 0 Å². The van der Waals surface area contributed by atoms with Gasteiger partial charge in [0, 0.05) is 6.42 Å². The zero-order valence-electron chi connectivity index (χ0n) is 13.5. The minimum atomic E-state index is -4.44. The highest BCUT2D eigenvalue weighted by Gasteiger charge is 2.55. The van der Waals surface area contributed by atoms with Gasteiger partial charge in [0.15, 0.2) is 5.82 Å². The molecule has 1 aromatic heterocycles. The van der Waals surface area contributed by atoms with E-state index < -0.39 is 22.7 Å². The van der Waals surface area contributed by atoms with Gasteiger partial charge in [-0.15, -0.1) is 0 Å². The number of carbonyl (C=O) groups is 1. The summed E-state index contributed by atoms with van der Waals surface area (Å²) in [4.78, 5) is 15.9. The predicted octanol–water partition coefficient (Wildman–Crippen LogP) is 3.29. The van der Waals surface area contributed by atoms with Crippen molar-refractivity contribution in [2.24, 2.45) is 0 Å². The van der Waals surface area contributed by atoms with Gasteiger partial charge in [-0.3, -0.25) is 4.79 Å². The number of amides is 1. The SMILES string of the molecule is CC1(c2noc(C3(c4ccccc4C(F)(F)F)CC3)n2)CCC(=O)N1. The Kier molecular flexibility index (Phi) is 3.26. The van der Waals surface area contributed by atoms with E-state index in [0.29, 0.717) is 31.5 Å². The summed E-state index contributed by atoms with van der Waals surface area (Å²) in [6.45, 7) is 1.79. The smallest absolute Gasteiger partial charge is 0.343 e. The number of aromatic nitrogens is 2. The fraction of sp³-hybridized carbons (Fsp3) is 0.471. The zero-order valence-corrected chi connectivity index (χ0v) is 13.5. The number of nitrogens with zero attached hydrogens (tertiary/aromatic N) is 2. The Labute approximate surface area is 141 Å². The second-order valence-corrected chi connectivity index (χ2v) is 6.93. The molecule has 1 aliphatic carbocycles. The predicted molar refractivity (Wildman–Crippen MR) is 80.5 cm³/mol. The fourth-order valence-electron chi connectivity index (χ4n) is 3.48. The Morgan fingerprint density at radius 1 is 1.20 bits per heavy atom. The van der Waals surface area contributed by atoms with E-state index in [1.165, 1.54) is 12.1 Å². The van der Waals surface area contributed by atoms with Crippen molar-refractivity contribution >= 4 is 5.91 Å². The van der Waals surface area contributed by atoms with Gasteiger partial charge < -0.3 is 9.84 Å². The molecule has 5 nitrogen and oxygen atoms in total. The van der Waals surface area contributed by atoms with Gasteiger partial charge in [0.25, 0.3) is 0 Å². The molecule has 1 atom stereocenters. The van der Waals surface area contributed by atoms with Crippen LogP contribution in [0.4, 0.5) is 13.2 Å². The molecule has 1 saturated carbocycles. The van der Waals surface area contributed by atoms with Crippen LogP contribution >= 0.6 is 0 Å². The third-order valence-corrected chi connectivity index (χ3v) is 5.09. The van der Waals surface area contributed by atoms with Gasteiger partial charge in [-0.1, -0.05) is 23.4 Å². The number of carbonyl (C=O) groups excluding carboxylic acids is 1. The minimum absolute atomic E-state index is 0.0996. The van der Waals surface area contributed by atoms with Crippen LogP contribution in [0.25, 0.3) is 0 Å². The maximum absolute atomic E-state index is 13.4. The summed E-state index contributed by atoms with van der Waals surface area (Å²) in [5, 5.41) is 6.75. The van der Waals surface area contributed by atoms with Crippen molar-refractivity contribution in [1.82, 2.24) is 15.5 Å². The van der Waals surface area contributed by atoms with E-state index in [0.717, 1.165) is 6.07 Å². The third-order valence-electron chi connectivity index (χ3n) is 5.09. The highest BCUT2D eigenvalue weighted by molar-refractivity contribution is 5.79. The molecule has 0 radical (unpaired) electrons. The molecule has 1 N–H and O–H groups in total. The number of benzene rings is 1. The zero-order chi connectivity index (χ0) is 17.9. The molecular formula is C17H16F3N3O2. The maximum atomic E-state index is 13.4. The summed E-state index contributed by atoms with van der Waals surface area (Å²) < 4.78 is 45.4. The molecule has 1 aliphatic heterocycles. The van der Waals surface area contributed by atoms with Gasteiger partial charge in [-0.05, 0) is 37.8 Å². The van der Waals surface area contributed by atoms with Crippen LogP contribution in [-0.4, -0.2) is 16.0 Å². The van der Waals surface area contributed by atoms with Crippen LogP contribution in [0.1, 0.15) is 55.4 Å². The highest BCUT2D eigenvalue weighted by atomic mass is 19.4. The first-order valence-corrected chi connectivity index (χ1v) is 8.07. The van der Waals surface area contributed by atoms with E-state index >= 15 is 0 Å². The molecule has 25 heavy (non-hydrogen) atoms. The second kappa shape index (κ2) is 5.06. The monoisotopic (exact) mass is 351 g/mol. The van der Waals surface area contributed by atoms with E-state index in [4.69, 9.17) is 4.52 Å². The van der Waals surface area contributed by atoms with Crippen molar-refractivity contribution < 1.29 is 22.5 Å². The molecule has 0 bridgehead atoms. The van der Waals surface area contributed by atoms with Gasteiger partial charge >= 0.3 is 6.18 Å². The summed E-state index contributed by atoms with van der Waals surface area (Å²) >= 11 is 0. The number of halogens is 3. The molecule has 2 heterocycles. The molecule has 1 amide bonds. The van der Waals surface area contributed by atoms with E-state index in [9.17, 15) is 18.0 Å². The molecule has 2 aliphatic rings. The maximum Gasteiger partial charge on any atom is 0.416 e. The molecule has 132 valence electrons. The van der Waals surface area contributed by atoms with Crippen LogP contribution in [0.5, 0.6) is 0 Å². The molecule has 1 aromatic carbocycles. The van der Waals surface area contributed by atoms with Crippen molar-refractivity contribution in [3.8, 4) is 0 Å². The number of alkyl halides is 3. The van der Waals surface area contributed by atoms with Gasteiger partial charge in [0.05, 0.1) is 11.0 Å². The van der Waals surface area contributed by atoms with Gasteiger partial charge in [-0.2, -0.15) is 18.2 Å². The molecule has 4 rings (SSSR count). The van der Waals surface area contributed by atoms with Crippen molar-refractivity contribution in [2.45, 2.75) is 49.7 Å². The lowest BCUT2D eigenvalue weighted by Crippen LogP contribution is -2.36. The molecule has 2 aromatic rings. The average molecular weight is 351 g/mol. The molecule has 1 saturated heterocycles. The Hall–Kier alpha value is -2.38. The molecular weight excluding hydrogens is 335 g/mol. The number of nitrogens with one attached hydrogen (secondary N) is 1. The first-order chi connectivity index (χ1) is 11.7. The summed E-state index contributed by atoms with van der Waals surface area (Å²) in [5.41, 5.74) is -2.14. The topological polar surface area (TPSA) is 68.0 Å². The van der Waals surface area contributed by atoms with Gasteiger partial charge in [0.2, 0.25) is 11.8 Å². The van der Waals surface area contributed by atoms with Crippen molar-refractivity contribution in [2.75, 3.05) is 0 Å². The Morgan fingerprint density at radius 3 is 2.52 bits per heavy atom. The molecule has 0 spiro atoms. The summed E-state index contributed by atoms with van der Waals surface area (Å²) in [5.74, 6) is 0.392. The molecule has 2 fully saturated rings. The Balaban J connectivity index is 1.73. The number of hydrogen-bond donors (Lipinski definition) is 1. The van der Waals surface area contributed by atoms with Crippen LogP contribution in [0.15, 0.2) is 28.8 Å². The number of rotatable bonds is 3. The third kappa shape index (κ3) is 2.51. The van der Waals surface area contributed by atoms with E-state index in [1.54, 1.807) is 13.0 Å². The first kappa shape index (κ1) is 16.1. The summed E-state index contributed by atoms with van der Waals surface area (Å²) in [6.07, 6.45) is -2.52. The molecule has 8 heteroatoms.